The second kappa shape index (κ2) is 8.14. The lowest BCUT2D eigenvalue weighted by Gasteiger charge is -2.32. The van der Waals surface area contributed by atoms with Gasteiger partial charge in [-0.05, 0) is 59.9 Å². The van der Waals surface area contributed by atoms with Crippen molar-refractivity contribution < 1.29 is 14.4 Å². The molecule has 0 bridgehead atoms. The molecular weight excluding hydrogens is 368 g/mol. The molecule has 1 aliphatic carbocycles. The van der Waals surface area contributed by atoms with Gasteiger partial charge in [-0.2, -0.15) is 4.98 Å². The largest absolute Gasteiger partial charge is 0.481 e. The average Bonchev–Trinajstić information content (AvgIpc) is 3.31. The number of nitrogens with one attached hydrogen (secondary N) is 1. The van der Waals surface area contributed by atoms with E-state index in [-0.39, 0.29) is 6.42 Å². The molecule has 1 aliphatic heterocycles. The fourth-order valence-corrected chi connectivity index (χ4v) is 4.35. The topological polar surface area (TPSA) is 91.5 Å². The number of rotatable bonds is 7. The van der Waals surface area contributed by atoms with Crippen molar-refractivity contribution in [1.29, 1.82) is 0 Å². The van der Waals surface area contributed by atoms with Crippen LogP contribution < -0.4 is 10.2 Å². The molecule has 0 saturated heterocycles. The molecule has 0 atom stereocenters. The van der Waals surface area contributed by atoms with Gasteiger partial charge in [0.2, 0.25) is 5.89 Å². The smallest absolute Gasteiger partial charge is 0.304 e. The molecule has 0 unspecified atom stereocenters. The summed E-state index contributed by atoms with van der Waals surface area (Å²) >= 11 is 0. The van der Waals surface area contributed by atoms with Crippen LogP contribution in [0.4, 0.5) is 11.6 Å². The predicted molar refractivity (Wildman–Crippen MR) is 110 cm³/mol. The molecule has 0 radical (unpaired) electrons. The summed E-state index contributed by atoms with van der Waals surface area (Å²) in [5.41, 5.74) is 3.99. The Hall–Kier alpha value is -2.41. The van der Waals surface area contributed by atoms with Crippen LogP contribution in [-0.2, 0) is 17.8 Å². The highest BCUT2D eigenvalue weighted by Crippen LogP contribution is 2.42. The van der Waals surface area contributed by atoms with Crippen molar-refractivity contribution in [2.24, 2.45) is 5.41 Å². The van der Waals surface area contributed by atoms with E-state index in [0.717, 1.165) is 42.9 Å². The van der Waals surface area contributed by atoms with E-state index >= 15 is 0 Å². The fourth-order valence-electron chi connectivity index (χ4n) is 4.35. The molecule has 7 nitrogen and oxygen atoms in total. The van der Waals surface area contributed by atoms with Crippen molar-refractivity contribution in [3.8, 4) is 0 Å². The molecule has 1 saturated carbocycles. The first-order valence-electron chi connectivity index (χ1n) is 10.6. The highest BCUT2D eigenvalue weighted by Gasteiger charge is 2.32. The van der Waals surface area contributed by atoms with Gasteiger partial charge in [0.15, 0.2) is 0 Å². The number of carbonyl (C=O) groups is 1. The van der Waals surface area contributed by atoms with Crippen LogP contribution in [0.25, 0.3) is 0 Å². The third kappa shape index (κ3) is 4.61. The maximum Gasteiger partial charge on any atom is 0.304 e. The molecular formula is C22H30N4O3. The highest BCUT2D eigenvalue weighted by molar-refractivity contribution is 5.67. The summed E-state index contributed by atoms with van der Waals surface area (Å²) in [6.07, 6.45) is 5.71. The minimum atomic E-state index is -0.779. The number of fused-ring (bicyclic) bond motifs is 1. The molecule has 2 N–H and O–H groups in total. The number of benzene rings is 1. The number of anilines is 2. The molecule has 1 fully saturated rings. The van der Waals surface area contributed by atoms with Gasteiger partial charge in [0.25, 0.3) is 5.95 Å². The molecule has 7 heteroatoms. The Morgan fingerprint density at radius 1 is 1.34 bits per heavy atom. The van der Waals surface area contributed by atoms with Crippen molar-refractivity contribution in [3.63, 3.8) is 0 Å². The molecule has 29 heavy (non-hydrogen) atoms. The number of carboxylic acids is 1. The second-order valence-electron chi connectivity index (χ2n) is 9.06. The molecule has 156 valence electrons. The van der Waals surface area contributed by atoms with E-state index in [0.29, 0.717) is 30.4 Å². The molecule has 1 aromatic carbocycles. The zero-order chi connectivity index (χ0) is 20.4. The summed E-state index contributed by atoms with van der Waals surface area (Å²) < 4.78 is 5.65. The van der Waals surface area contributed by atoms with Gasteiger partial charge in [0.05, 0.1) is 6.42 Å². The van der Waals surface area contributed by atoms with E-state index < -0.39 is 5.97 Å². The summed E-state index contributed by atoms with van der Waals surface area (Å²) in [4.78, 5) is 17.5. The third-order valence-corrected chi connectivity index (χ3v) is 6.25. The Labute approximate surface area is 171 Å². The highest BCUT2D eigenvalue weighted by atomic mass is 16.5. The van der Waals surface area contributed by atoms with E-state index in [9.17, 15) is 4.79 Å². The van der Waals surface area contributed by atoms with E-state index in [4.69, 9.17) is 14.6 Å². The first-order valence-corrected chi connectivity index (χ1v) is 10.6. The first-order chi connectivity index (χ1) is 13.9. The molecule has 2 aliphatic rings. The molecule has 2 heterocycles. The SMILES string of the molecule is CC1(C)CCC(c2nc(N3CCc4cc(CNCCC(=O)O)ccc43)no2)CC1. The lowest BCUT2D eigenvalue weighted by molar-refractivity contribution is -0.136. The van der Waals surface area contributed by atoms with Gasteiger partial charge in [-0.15, -0.1) is 0 Å². The number of hydrogen-bond acceptors (Lipinski definition) is 6. The zero-order valence-electron chi connectivity index (χ0n) is 17.3. The van der Waals surface area contributed by atoms with Gasteiger partial charge in [0, 0.05) is 31.2 Å². The Morgan fingerprint density at radius 3 is 2.90 bits per heavy atom. The Bertz CT molecular complexity index is 867. The van der Waals surface area contributed by atoms with Gasteiger partial charge >= 0.3 is 5.97 Å². The lowest BCUT2D eigenvalue weighted by atomic mass is 9.73. The van der Waals surface area contributed by atoms with Crippen LogP contribution in [0.2, 0.25) is 0 Å². The summed E-state index contributed by atoms with van der Waals surface area (Å²) in [7, 11) is 0. The minimum Gasteiger partial charge on any atom is -0.481 e. The van der Waals surface area contributed by atoms with Crippen LogP contribution >= 0.6 is 0 Å². The van der Waals surface area contributed by atoms with Crippen LogP contribution in [-0.4, -0.2) is 34.3 Å². The van der Waals surface area contributed by atoms with Crippen molar-refractivity contribution in [2.75, 3.05) is 18.0 Å². The standard InChI is InChI=1S/C22H30N4O3/c1-22(2)9-5-16(6-10-22)20-24-21(25-29-20)26-12-8-17-13-15(3-4-18(17)26)14-23-11-7-19(27)28/h3-4,13,16,23H,5-12,14H2,1-2H3,(H,27,28). The second-order valence-corrected chi connectivity index (χ2v) is 9.06. The first kappa shape index (κ1) is 19.9. The van der Waals surface area contributed by atoms with E-state index in [2.05, 4.69) is 47.4 Å². The van der Waals surface area contributed by atoms with Crippen LogP contribution in [0.5, 0.6) is 0 Å². The number of aromatic nitrogens is 2. The quantitative estimate of drug-likeness (QED) is 0.681. The summed E-state index contributed by atoms with van der Waals surface area (Å²) in [6.45, 7) is 6.66. The maximum atomic E-state index is 10.6. The zero-order valence-corrected chi connectivity index (χ0v) is 17.3. The van der Waals surface area contributed by atoms with Crippen LogP contribution in [0.3, 0.4) is 0 Å². The number of nitrogens with zero attached hydrogens (tertiary/aromatic N) is 3. The van der Waals surface area contributed by atoms with Gasteiger partial charge in [-0.1, -0.05) is 26.0 Å². The molecule has 2 aromatic rings. The van der Waals surface area contributed by atoms with Gasteiger partial charge in [0.1, 0.15) is 0 Å². The van der Waals surface area contributed by atoms with Crippen molar-refractivity contribution in [1.82, 2.24) is 15.5 Å². The van der Waals surface area contributed by atoms with Crippen molar-refractivity contribution >= 4 is 17.6 Å². The molecule has 4 rings (SSSR count). The minimum absolute atomic E-state index is 0.136. The van der Waals surface area contributed by atoms with E-state index in [1.807, 2.05) is 0 Å². The fraction of sp³-hybridized carbons (Fsp3) is 0.591. The van der Waals surface area contributed by atoms with Gasteiger partial charge in [-0.25, -0.2) is 0 Å². The monoisotopic (exact) mass is 398 g/mol. The Morgan fingerprint density at radius 2 is 2.14 bits per heavy atom. The van der Waals surface area contributed by atoms with Crippen molar-refractivity contribution in [2.45, 2.75) is 64.8 Å². The maximum absolute atomic E-state index is 10.6. The summed E-state index contributed by atoms with van der Waals surface area (Å²) in [5, 5.41) is 16.2. The predicted octanol–water partition coefficient (Wildman–Crippen LogP) is 4.01. The number of carboxylic acid groups (broad SMARTS) is 1. The summed E-state index contributed by atoms with van der Waals surface area (Å²) in [6, 6.07) is 6.37. The van der Waals surface area contributed by atoms with Crippen LogP contribution in [0.15, 0.2) is 22.7 Å². The summed E-state index contributed by atoms with van der Waals surface area (Å²) in [5.74, 6) is 1.04. The average molecular weight is 399 g/mol. The number of hydrogen-bond donors (Lipinski definition) is 2. The molecule has 1 aromatic heterocycles. The Kier molecular flexibility index (Phi) is 5.58. The van der Waals surface area contributed by atoms with Gasteiger partial charge in [-0.3, -0.25) is 4.79 Å². The van der Waals surface area contributed by atoms with E-state index in [1.54, 1.807) is 0 Å². The third-order valence-electron chi connectivity index (χ3n) is 6.25. The van der Waals surface area contributed by atoms with Gasteiger partial charge < -0.3 is 19.8 Å². The lowest BCUT2D eigenvalue weighted by Crippen LogP contribution is -2.20. The molecule has 0 amide bonds. The van der Waals surface area contributed by atoms with Crippen LogP contribution in [0.1, 0.15) is 68.9 Å². The van der Waals surface area contributed by atoms with E-state index in [1.165, 1.54) is 18.4 Å². The normalized spacial score (nSPS) is 18.8. The Balaban J connectivity index is 1.40. The number of aliphatic carboxylic acids is 1. The van der Waals surface area contributed by atoms with Crippen molar-refractivity contribution in [3.05, 3.63) is 35.2 Å². The van der Waals surface area contributed by atoms with Crippen LogP contribution in [0, 0.1) is 5.41 Å². The molecule has 0 spiro atoms.